The van der Waals surface area contributed by atoms with Gasteiger partial charge in [0.1, 0.15) is 11.7 Å². The van der Waals surface area contributed by atoms with E-state index in [1.807, 2.05) is 25.3 Å². The number of aliphatic hydroxyl groups is 3. The van der Waals surface area contributed by atoms with Crippen LogP contribution in [0, 0.1) is 112 Å². The van der Waals surface area contributed by atoms with Crippen LogP contribution in [0.25, 0.3) is 0 Å². The molecule has 0 amide bonds. The number of ether oxygens (including phenoxy) is 4. The van der Waals surface area contributed by atoms with Crippen LogP contribution in [0.2, 0.25) is 0 Å². The molecule has 2 spiro atoms. The molecule has 11 aliphatic rings. The molecule has 6 bridgehead atoms. The number of aliphatic hydroxyl groups excluding tert-OH is 2. The molecule has 13 nitrogen and oxygen atoms in total. The molecule has 0 unspecified atom stereocenters. The molecule has 8 aliphatic carbocycles. The van der Waals surface area contributed by atoms with E-state index >= 15 is 4.79 Å². The molecular weight excluding hydrogens is 1030 g/mol. The van der Waals surface area contributed by atoms with Gasteiger partial charge in [0.2, 0.25) is 11.7 Å². The number of methoxy groups -OCH3 is 1. The van der Waals surface area contributed by atoms with Gasteiger partial charge in [0.05, 0.1) is 18.9 Å². The van der Waals surface area contributed by atoms with Crippen LogP contribution < -0.4 is 30.2 Å². The van der Waals surface area contributed by atoms with E-state index in [9.17, 15) is 20.4 Å². The SMILES string of the molecule is CC[C@@H]1CC[C@H]2[C@@H](C1)[C@H]1/C=C/C(=O)[C@@]3(Cc4ccc(O)c(OC)c4)CCC[C@H]3CC#CNC(=NC)Nc3cc(cc4c3OC#C[C@@H]3C=C[C@@H]5C[C@@]6(C[C@@](CNC)(C[C@H]36)O4)C[C@]3(O)O[C@H]4[C@@H](CO)CC[C@H]4C[C@@H]53)[C@@]13CCC[C@H]3[C@H]2CCCO. The van der Waals surface area contributed by atoms with E-state index in [4.69, 9.17) is 23.9 Å². The van der Waals surface area contributed by atoms with Crippen molar-refractivity contribution in [2.24, 2.45) is 92.8 Å². The molecule has 440 valence electrons. The average Bonchev–Trinajstić information content (AvgIpc) is 2.17. The Hall–Kier alpha value is -5.02. The van der Waals surface area contributed by atoms with Crippen LogP contribution in [-0.4, -0.2) is 90.6 Å². The number of guanidine groups is 1. The van der Waals surface area contributed by atoms with Crippen LogP contribution in [-0.2, 0) is 21.4 Å². The number of aromatic hydroxyl groups is 1. The van der Waals surface area contributed by atoms with Gasteiger partial charge >= 0.3 is 0 Å². The summed E-state index contributed by atoms with van der Waals surface area (Å²) in [4.78, 5) is 20.7. The third-order valence-corrected chi connectivity index (χ3v) is 24.1. The number of carbonyl (C=O) groups excluding carboxylic acids is 1. The summed E-state index contributed by atoms with van der Waals surface area (Å²) in [5, 5.41) is 55.6. The lowest BCUT2D eigenvalue weighted by Crippen LogP contribution is -2.60. The molecule has 3 aliphatic heterocycles. The second kappa shape index (κ2) is 22.1. The molecule has 7 N–H and O–H groups in total. The Morgan fingerprint density at radius 3 is 2.65 bits per heavy atom. The van der Waals surface area contributed by atoms with Crippen LogP contribution >= 0.6 is 0 Å². The zero-order valence-electron chi connectivity index (χ0n) is 49.0. The van der Waals surface area contributed by atoms with Crippen molar-refractivity contribution >= 4 is 17.4 Å². The lowest BCUT2D eigenvalue weighted by atomic mass is 9.45. The van der Waals surface area contributed by atoms with Crippen LogP contribution in [0.4, 0.5) is 5.69 Å². The Morgan fingerprint density at radius 1 is 0.951 bits per heavy atom. The number of carbonyl (C=O) groups is 1. The molecule has 3 heterocycles. The third kappa shape index (κ3) is 9.31. The first-order valence-electron chi connectivity index (χ1n) is 31.9. The maximum absolute atomic E-state index is 15.9. The minimum Gasteiger partial charge on any atom is -0.504 e. The van der Waals surface area contributed by atoms with E-state index in [1.54, 1.807) is 20.2 Å². The van der Waals surface area contributed by atoms with Gasteiger partial charge in [-0.25, -0.2) is 0 Å². The lowest BCUT2D eigenvalue weighted by molar-refractivity contribution is -0.335. The second-order valence-electron chi connectivity index (χ2n) is 27.9. The predicted octanol–water partition coefficient (Wildman–Crippen LogP) is 10.2. The highest BCUT2D eigenvalue weighted by Crippen LogP contribution is 2.70. The summed E-state index contributed by atoms with van der Waals surface area (Å²) in [5.74, 6) is 10.4. The first-order chi connectivity index (χ1) is 39.8. The Labute approximate surface area is 486 Å². The maximum atomic E-state index is 15.9. The first-order valence-corrected chi connectivity index (χ1v) is 31.9. The van der Waals surface area contributed by atoms with Gasteiger partial charge < -0.3 is 50.0 Å². The Bertz CT molecular complexity index is 2990. The van der Waals surface area contributed by atoms with Crippen molar-refractivity contribution in [3.8, 4) is 47.0 Å². The number of fused-ring (bicyclic) bond motifs is 12. The quantitative estimate of drug-likeness (QED) is 0.0885. The minimum atomic E-state index is -1.34. The molecule has 13 heteroatoms. The number of nitrogens with one attached hydrogen (secondary N) is 3. The molecule has 82 heavy (non-hydrogen) atoms. The summed E-state index contributed by atoms with van der Waals surface area (Å²) in [6.07, 6.45) is 30.8. The fourth-order valence-corrected chi connectivity index (χ4v) is 20.9. The smallest absolute Gasteiger partial charge is 0.207 e. The minimum absolute atomic E-state index is 0.00363. The zero-order valence-corrected chi connectivity index (χ0v) is 49.0. The number of nitrogens with zero attached hydrogens (tertiary/aromatic N) is 1. The molecule has 0 radical (unpaired) electrons. The summed E-state index contributed by atoms with van der Waals surface area (Å²) < 4.78 is 27.5. The predicted molar refractivity (Wildman–Crippen MR) is 316 cm³/mol. The molecule has 0 aromatic heterocycles. The number of allylic oxidation sites excluding steroid dienone is 4. The van der Waals surface area contributed by atoms with E-state index in [0.29, 0.717) is 97.1 Å². The molecule has 2 aromatic rings. The molecule has 13 rings (SSSR count). The molecule has 8 fully saturated rings. The van der Waals surface area contributed by atoms with E-state index < -0.39 is 22.2 Å². The highest BCUT2D eigenvalue weighted by Gasteiger charge is 2.68. The Morgan fingerprint density at radius 2 is 1.83 bits per heavy atom. The fourth-order valence-electron chi connectivity index (χ4n) is 20.9. The number of likely N-dealkylation sites (N-methyl/N-ethyl adjacent to an activating group) is 1. The van der Waals surface area contributed by atoms with Crippen LogP contribution in [0.15, 0.2) is 59.6 Å². The van der Waals surface area contributed by atoms with Gasteiger partial charge in [-0.15, -0.1) is 0 Å². The summed E-state index contributed by atoms with van der Waals surface area (Å²) in [7, 11) is 5.34. The number of hydrogen-bond acceptors (Lipinski definition) is 11. The van der Waals surface area contributed by atoms with Crippen molar-refractivity contribution in [1.82, 2.24) is 10.6 Å². The van der Waals surface area contributed by atoms with E-state index in [2.05, 4.69) is 77.2 Å². The van der Waals surface area contributed by atoms with Gasteiger partial charge in [-0.2, -0.15) is 0 Å². The number of phenolic OH excluding ortho intramolecular Hbond substituents is 1. The molecule has 7 saturated carbocycles. The highest BCUT2D eigenvalue weighted by molar-refractivity contribution is 5.97. The number of rotatable bonds is 10. The normalized spacial score (nSPS) is 42.9. The van der Waals surface area contributed by atoms with Gasteiger partial charge in [-0.1, -0.05) is 68.7 Å². The van der Waals surface area contributed by atoms with Gasteiger partial charge in [0.15, 0.2) is 28.8 Å². The topological polar surface area (TPSA) is 183 Å². The van der Waals surface area contributed by atoms with E-state index in [0.717, 1.165) is 107 Å². The van der Waals surface area contributed by atoms with Crippen molar-refractivity contribution in [3.63, 3.8) is 0 Å². The van der Waals surface area contributed by atoms with Crippen LogP contribution in [0.5, 0.6) is 23.0 Å². The van der Waals surface area contributed by atoms with Gasteiger partial charge in [0, 0.05) is 74.3 Å². The summed E-state index contributed by atoms with van der Waals surface area (Å²) in [6, 6.07) is 13.4. The zero-order chi connectivity index (χ0) is 56.6. The van der Waals surface area contributed by atoms with Gasteiger partial charge in [-0.05, 0) is 209 Å². The van der Waals surface area contributed by atoms with Gasteiger partial charge in [0.25, 0.3) is 0 Å². The lowest BCUT2D eigenvalue weighted by Gasteiger charge is -2.59. The molecule has 1 saturated heterocycles. The van der Waals surface area contributed by atoms with E-state index in [-0.39, 0.29) is 83.6 Å². The van der Waals surface area contributed by atoms with Crippen LogP contribution in [0.1, 0.15) is 146 Å². The molecule has 19 atom stereocenters. The summed E-state index contributed by atoms with van der Waals surface area (Å²) >= 11 is 0. The number of aliphatic imine (C=N–C) groups is 1. The van der Waals surface area contributed by atoms with Crippen molar-refractivity contribution in [1.29, 1.82) is 0 Å². The number of hydrogen-bond donors (Lipinski definition) is 7. The number of ketones is 1. The summed E-state index contributed by atoms with van der Waals surface area (Å²) in [6.45, 7) is 3.15. The number of phenols is 1. The Balaban J connectivity index is 0.976. The second-order valence-corrected chi connectivity index (χ2v) is 27.9. The van der Waals surface area contributed by atoms with Crippen LogP contribution in [0.3, 0.4) is 0 Å². The first kappa shape index (κ1) is 56.1. The van der Waals surface area contributed by atoms with Crippen molar-refractivity contribution < 1.29 is 44.2 Å². The largest absolute Gasteiger partial charge is 0.504 e. The van der Waals surface area contributed by atoms with Crippen molar-refractivity contribution in [2.45, 2.75) is 165 Å². The average molecular weight is 1120 g/mol. The number of benzene rings is 2. The van der Waals surface area contributed by atoms with Gasteiger partial charge in [-0.3, -0.25) is 15.1 Å². The molecular formula is C69H90N4O9. The maximum Gasteiger partial charge on any atom is 0.207 e. The highest BCUT2D eigenvalue weighted by atomic mass is 16.6. The monoisotopic (exact) mass is 1120 g/mol. The molecule has 2 aromatic carbocycles. The number of anilines is 1. The fraction of sp³-hybridized carbons (Fsp3) is 0.681. The third-order valence-electron chi connectivity index (χ3n) is 24.1. The Kier molecular flexibility index (Phi) is 15.1. The summed E-state index contributed by atoms with van der Waals surface area (Å²) in [5.41, 5.74) is 0.587. The van der Waals surface area contributed by atoms with Crippen molar-refractivity contribution in [3.05, 3.63) is 65.8 Å². The standard InChI is InChI=1S/C69H90N4O9/c1-5-42-14-20-50-51(12-9-28-74)53-13-7-26-68(53)49-33-57(73-64(71-3)72-27-8-11-48-10-6-25-67(48,61(77)23-21-54(68)52(50)30-42)35-43-15-22-58(76)59(31-43)79-4)63-60(34-49)81-66(41-70-2)37-56-44(24-29-80-63)16-18-46-36-65(56,39-66)40-69(78)55(46)32-45-17-19-47(38-75)62(45)82-69/h15-16,18,21-23,31,33-34,42,44-48,50-56,62,70,74-76,78H,5-7,9-14,17,19-20,25-26,28,30,32,35-41H2,1-4H3,(H2,71,72,73)/b23-21+/t42-,44+,45+,46-,47-,48+,50-,51+,52-,53+,54-,55+,56-,62-,65-,66-,67-,68-,69+/m1/s1. The van der Waals surface area contributed by atoms with E-state index in [1.165, 1.54) is 6.42 Å². The van der Waals surface area contributed by atoms with Crippen molar-refractivity contribution in [2.75, 3.05) is 46.3 Å².